The zero-order valence-corrected chi connectivity index (χ0v) is 11.0. The van der Waals surface area contributed by atoms with E-state index in [1.165, 1.54) is 16.2 Å². The fourth-order valence-electron chi connectivity index (χ4n) is 1.76. The largest absolute Gasteiger partial charge is 0.384 e. The van der Waals surface area contributed by atoms with Crippen molar-refractivity contribution in [2.24, 2.45) is 7.05 Å². The summed E-state index contributed by atoms with van der Waals surface area (Å²) in [5.74, 6) is 10.9. The lowest BCUT2D eigenvalue weighted by molar-refractivity contribution is 0.350. The van der Waals surface area contributed by atoms with Crippen molar-refractivity contribution in [2.45, 2.75) is 13.5 Å². The number of imidazole rings is 1. The highest BCUT2D eigenvalue weighted by atomic mass is 16.2. The van der Waals surface area contributed by atoms with E-state index in [0.29, 0.717) is 0 Å². The minimum Gasteiger partial charge on any atom is -0.384 e. The molecule has 0 bridgehead atoms. The Morgan fingerprint density at radius 3 is 2.75 bits per heavy atom. The molecule has 0 amide bonds. The van der Waals surface area contributed by atoms with Crippen LogP contribution in [0.1, 0.15) is 12.7 Å². The van der Waals surface area contributed by atoms with Gasteiger partial charge in [-0.3, -0.25) is 18.9 Å². The molecule has 2 aromatic heterocycles. The number of nitrogens with zero attached hydrogens (tertiary/aromatic N) is 3. The highest BCUT2D eigenvalue weighted by Gasteiger charge is 2.15. The lowest BCUT2D eigenvalue weighted by atomic mass is 10.4. The third-order valence-electron chi connectivity index (χ3n) is 2.70. The van der Waals surface area contributed by atoms with Gasteiger partial charge in [-0.1, -0.05) is 11.8 Å². The molecular weight excluding hydrogens is 260 g/mol. The van der Waals surface area contributed by atoms with Gasteiger partial charge < -0.3 is 5.11 Å². The zero-order valence-electron chi connectivity index (χ0n) is 11.0. The summed E-state index contributed by atoms with van der Waals surface area (Å²) in [6.07, 6.45) is 0. The number of H-pyrrole nitrogens is 1. The van der Waals surface area contributed by atoms with E-state index in [9.17, 15) is 9.59 Å². The van der Waals surface area contributed by atoms with Gasteiger partial charge in [0, 0.05) is 7.05 Å². The van der Waals surface area contributed by atoms with Crippen LogP contribution in [0.25, 0.3) is 11.2 Å². The van der Waals surface area contributed by atoms with E-state index < -0.39 is 11.2 Å². The minimum atomic E-state index is -0.546. The molecular formula is C13H12N4O3. The Kier molecular flexibility index (Phi) is 3.74. The van der Waals surface area contributed by atoms with Crippen LogP contribution < -0.4 is 11.2 Å². The van der Waals surface area contributed by atoms with Gasteiger partial charge in [0.1, 0.15) is 6.61 Å². The minimum absolute atomic E-state index is 0.226. The van der Waals surface area contributed by atoms with E-state index in [1.54, 1.807) is 6.92 Å². The Balaban J connectivity index is 2.88. The van der Waals surface area contributed by atoms with Gasteiger partial charge >= 0.3 is 5.69 Å². The van der Waals surface area contributed by atoms with E-state index in [-0.39, 0.29) is 30.1 Å². The van der Waals surface area contributed by atoms with Gasteiger partial charge in [0.25, 0.3) is 5.56 Å². The van der Waals surface area contributed by atoms with Gasteiger partial charge in [0.05, 0.1) is 6.54 Å². The summed E-state index contributed by atoms with van der Waals surface area (Å²) in [6, 6.07) is 0. The number of nitrogens with one attached hydrogen (secondary N) is 1. The van der Waals surface area contributed by atoms with Gasteiger partial charge in [-0.15, -0.1) is 5.92 Å². The van der Waals surface area contributed by atoms with Crippen molar-refractivity contribution in [3.63, 3.8) is 0 Å². The molecule has 2 heterocycles. The number of hydrogen-bond donors (Lipinski definition) is 2. The Morgan fingerprint density at radius 1 is 1.35 bits per heavy atom. The molecule has 0 aliphatic rings. The maximum atomic E-state index is 11.9. The van der Waals surface area contributed by atoms with E-state index in [0.717, 1.165) is 0 Å². The predicted molar refractivity (Wildman–Crippen MR) is 73.0 cm³/mol. The maximum absolute atomic E-state index is 11.9. The second kappa shape index (κ2) is 5.47. The quantitative estimate of drug-likeness (QED) is 0.637. The Hall–Kier alpha value is -2.77. The summed E-state index contributed by atoms with van der Waals surface area (Å²) >= 11 is 0. The first-order valence-corrected chi connectivity index (χ1v) is 5.79. The van der Waals surface area contributed by atoms with Crippen LogP contribution in [0, 0.1) is 23.7 Å². The van der Waals surface area contributed by atoms with Crippen molar-refractivity contribution in [1.82, 2.24) is 19.1 Å². The molecule has 0 saturated heterocycles. The second-order valence-electron chi connectivity index (χ2n) is 3.90. The van der Waals surface area contributed by atoms with Crippen molar-refractivity contribution < 1.29 is 5.11 Å². The zero-order chi connectivity index (χ0) is 14.7. The van der Waals surface area contributed by atoms with Crippen LogP contribution in [0.2, 0.25) is 0 Å². The topological polar surface area (TPSA) is 92.9 Å². The number of aliphatic hydroxyl groups excluding tert-OH is 1. The summed E-state index contributed by atoms with van der Waals surface area (Å²) in [7, 11) is 1.51. The van der Waals surface area contributed by atoms with E-state index in [4.69, 9.17) is 5.11 Å². The Bertz CT molecular complexity index is 894. The van der Waals surface area contributed by atoms with Crippen molar-refractivity contribution in [3.05, 3.63) is 26.7 Å². The highest BCUT2D eigenvalue weighted by molar-refractivity contribution is 5.72. The van der Waals surface area contributed by atoms with Gasteiger partial charge in [-0.05, 0) is 12.8 Å². The summed E-state index contributed by atoms with van der Waals surface area (Å²) in [5.41, 5.74) is -0.614. The Labute approximate surface area is 113 Å². The standard InChI is InChI=1S/C13H12N4O3/c1-3-4-7-17-9(6-5-8-18)14-11-10(17)12(19)15-13(20)16(11)2/h18H,7-8H2,1-2H3,(H,15,19,20). The molecule has 0 atom stereocenters. The summed E-state index contributed by atoms with van der Waals surface area (Å²) in [6.45, 7) is 1.58. The van der Waals surface area contributed by atoms with Crippen molar-refractivity contribution in [2.75, 3.05) is 6.61 Å². The second-order valence-corrected chi connectivity index (χ2v) is 3.90. The van der Waals surface area contributed by atoms with Gasteiger partial charge in [-0.25, -0.2) is 9.78 Å². The molecule has 102 valence electrons. The molecule has 2 rings (SSSR count). The normalized spacial score (nSPS) is 9.75. The van der Waals surface area contributed by atoms with Crippen LogP contribution in [0.3, 0.4) is 0 Å². The Morgan fingerprint density at radius 2 is 2.10 bits per heavy atom. The number of aliphatic hydroxyl groups is 1. The van der Waals surface area contributed by atoms with E-state index in [2.05, 4.69) is 33.6 Å². The fraction of sp³-hybridized carbons (Fsp3) is 0.308. The lowest BCUT2D eigenvalue weighted by Crippen LogP contribution is -2.29. The molecule has 0 spiro atoms. The number of rotatable bonds is 1. The molecule has 0 aliphatic heterocycles. The third kappa shape index (κ3) is 2.22. The molecule has 2 N–H and O–H groups in total. The smallest absolute Gasteiger partial charge is 0.329 e. The maximum Gasteiger partial charge on any atom is 0.329 e. The number of aromatic amines is 1. The molecule has 0 saturated carbocycles. The predicted octanol–water partition coefficient (Wildman–Crippen LogP) is -1.21. The van der Waals surface area contributed by atoms with Crippen LogP contribution in [-0.2, 0) is 13.6 Å². The number of aromatic nitrogens is 4. The van der Waals surface area contributed by atoms with Gasteiger partial charge in [0.2, 0.25) is 0 Å². The first-order valence-electron chi connectivity index (χ1n) is 5.79. The monoisotopic (exact) mass is 272 g/mol. The van der Waals surface area contributed by atoms with E-state index in [1.807, 2.05) is 0 Å². The van der Waals surface area contributed by atoms with Crippen molar-refractivity contribution in [1.29, 1.82) is 0 Å². The average Bonchev–Trinajstić information content (AvgIpc) is 2.79. The summed E-state index contributed by atoms with van der Waals surface area (Å²) in [4.78, 5) is 29.9. The van der Waals surface area contributed by atoms with Gasteiger partial charge in [-0.2, -0.15) is 0 Å². The summed E-state index contributed by atoms with van der Waals surface area (Å²) < 4.78 is 2.75. The van der Waals surface area contributed by atoms with Crippen LogP contribution in [0.4, 0.5) is 0 Å². The molecule has 7 nitrogen and oxygen atoms in total. The molecule has 0 radical (unpaired) electrons. The van der Waals surface area contributed by atoms with Crippen LogP contribution in [0.5, 0.6) is 0 Å². The lowest BCUT2D eigenvalue weighted by Gasteiger charge is -2.00. The molecule has 2 aromatic rings. The molecule has 7 heteroatoms. The van der Waals surface area contributed by atoms with Gasteiger partial charge in [0.15, 0.2) is 17.0 Å². The molecule has 0 unspecified atom stereocenters. The van der Waals surface area contributed by atoms with Crippen molar-refractivity contribution in [3.8, 4) is 23.7 Å². The first-order chi connectivity index (χ1) is 9.60. The molecule has 0 aliphatic carbocycles. The summed E-state index contributed by atoms with van der Waals surface area (Å²) in [5, 5.41) is 8.76. The molecule has 20 heavy (non-hydrogen) atoms. The molecule has 0 aromatic carbocycles. The van der Waals surface area contributed by atoms with Crippen LogP contribution >= 0.6 is 0 Å². The average molecular weight is 272 g/mol. The number of aryl methyl sites for hydroxylation is 1. The SMILES string of the molecule is CC#CCn1c(C#CCO)nc2c1c(=O)[nH]c(=O)n2C. The first kappa shape index (κ1) is 13.7. The fourth-order valence-corrected chi connectivity index (χ4v) is 1.76. The number of fused-ring (bicyclic) bond motifs is 1. The van der Waals surface area contributed by atoms with Crippen molar-refractivity contribution >= 4 is 11.2 Å². The number of hydrogen-bond acceptors (Lipinski definition) is 4. The highest BCUT2D eigenvalue weighted by Crippen LogP contribution is 2.09. The molecule has 0 fully saturated rings. The van der Waals surface area contributed by atoms with E-state index >= 15 is 0 Å². The third-order valence-corrected chi connectivity index (χ3v) is 2.70. The van der Waals surface area contributed by atoms with Crippen LogP contribution in [-0.4, -0.2) is 30.8 Å². The van der Waals surface area contributed by atoms with Crippen LogP contribution in [0.15, 0.2) is 9.59 Å².